The first-order chi connectivity index (χ1) is 6.23. The van der Waals surface area contributed by atoms with Crippen LogP contribution in [-0.2, 0) is 9.53 Å². The van der Waals surface area contributed by atoms with Crippen molar-refractivity contribution in [1.82, 2.24) is 5.32 Å². The third-order valence-electron chi connectivity index (χ3n) is 2.19. The van der Waals surface area contributed by atoms with Gasteiger partial charge >= 0.3 is 5.97 Å². The maximum absolute atomic E-state index is 11.8. The van der Waals surface area contributed by atoms with Gasteiger partial charge in [0.25, 0.3) is 0 Å². The number of rotatable bonds is 1. The molecule has 4 heteroatoms. The highest BCUT2D eigenvalue weighted by atomic mass is 35.5. The molecule has 2 atom stereocenters. The third-order valence-corrected chi connectivity index (χ3v) is 2.50. The summed E-state index contributed by atoms with van der Waals surface area (Å²) in [5, 5.41) is 3.12. The molecule has 0 aromatic heterocycles. The van der Waals surface area contributed by atoms with Gasteiger partial charge in [0.2, 0.25) is 0 Å². The molecule has 82 valence electrons. The molecule has 0 spiro atoms. The van der Waals surface area contributed by atoms with Gasteiger partial charge in [-0.3, -0.25) is 4.79 Å². The van der Waals surface area contributed by atoms with Crippen LogP contribution < -0.4 is 5.32 Å². The molecule has 0 bridgehead atoms. The zero-order valence-electron chi connectivity index (χ0n) is 9.19. The Labute approximate surface area is 90.1 Å². The standard InChI is InChI=1S/C10H18ClNO2/c1-9(2,3)14-8(13)10(4)5-7(11)6-12-10/h7,12H,5-6H2,1-4H3/t7-,10+/m1/s1. The monoisotopic (exact) mass is 219 g/mol. The minimum Gasteiger partial charge on any atom is -0.459 e. The van der Waals surface area contributed by atoms with Gasteiger partial charge in [-0.2, -0.15) is 0 Å². The molecule has 0 unspecified atom stereocenters. The van der Waals surface area contributed by atoms with Crippen LogP contribution in [0.25, 0.3) is 0 Å². The first-order valence-corrected chi connectivity index (χ1v) is 5.29. The molecule has 1 fully saturated rings. The summed E-state index contributed by atoms with van der Waals surface area (Å²) in [6, 6.07) is 0. The summed E-state index contributed by atoms with van der Waals surface area (Å²) in [7, 11) is 0. The first-order valence-electron chi connectivity index (χ1n) is 4.85. The highest BCUT2D eigenvalue weighted by Gasteiger charge is 2.42. The molecule has 3 nitrogen and oxygen atoms in total. The number of esters is 1. The van der Waals surface area contributed by atoms with Crippen molar-refractivity contribution in [2.24, 2.45) is 0 Å². The van der Waals surface area contributed by atoms with Crippen LogP contribution in [0, 0.1) is 0 Å². The molecule has 0 aromatic carbocycles. The molecule has 0 radical (unpaired) electrons. The summed E-state index contributed by atoms with van der Waals surface area (Å²) in [6.07, 6.45) is 0.628. The summed E-state index contributed by atoms with van der Waals surface area (Å²) in [5.41, 5.74) is -1.05. The van der Waals surface area contributed by atoms with E-state index < -0.39 is 11.1 Å². The second-order valence-corrected chi connectivity index (χ2v) is 5.63. The SMILES string of the molecule is CC(C)(C)OC(=O)[C@]1(C)C[C@@H](Cl)CN1. The largest absolute Gasteiger partial charge is 0.459 e. The maximum atomic E-state index is 11.8. The molecular weight excluding hydrogens is 202 g/mol. The van der Waals surface area contributed by atoms with Crippen molar-refractivity contribution in [3.8, 4) is 0 Å². The average Bonchev–Trinajstić information content (AvgIpc) is 2.29. The highest BCUT2D eigenvalue weighted by molar-refractivity contribution is 6.21. The summed E-state index contributed by atoms with van der Waals surface area (Å²) < 4.78 is 5.31. The molecule has 1 aliphatic rings. The van der Waals surface area contributed by atoms with Crippen molar-refractivity contribution in [1.29, 1.82) is 0 Å². The molecule has 0 aliphatic carbocycles. The van der Waals surface area contributed by atoms with Gasteiger partial charge in [0.1, 0.15) is 11.1 Å². The number of hydrogen-bond donors (Lipinski definition) is 1. The van der Waals surface area contributed by atoms with Gasteiger partial charge in [-0.05, 0) is 34.1 Å². The minimum absolute atomic E-state index is 0.0209. The molecule has 0 saturated carbocycles. The quantitative estimate of drug-likeness (QED) is 0.539. The number of carbonyl (C=O) groups is 1. The van der Waals surface area contributed by atoms with E-state index in [1.165, 1.54) is 0 Å². The second kappa shape index (κ2) is 3.70. The van der Waals surface area contributed by atoms with E-state index in [4.69, 9.17) is 16.3 Å². The Kier molecular flexibility index (Phi) is 3.12. The molecule has 0 aromatic rings. The lowest BCUT2D eigenvalue weighted by molar-refractivity contribution is -0.161. The van der Waals surface area contributed by atoms with Crippen molar-refractivity contribution in [3.05, 3.63) is 0 Å². The van der Waals surface area contributed by atoms with Gasteiger partial charge in [-0.1, -0.05) is 0 Å². The van der Waals surface area contributed by atoms with Gasteiger partial charge < -0.3 is 10.1 Å². The van der Waals surface area contributed by atoms with Crippen molar-refractivity contribution < 1.29 is 9.53 Å². The van der Waals surface area contributed by atoms with Crippen LogP contribution in [0.3, 0.4) is 0 Å². The number of carbonyl (C=O) groups excluding carboxylic acids is 1. The number of halogens is 1. The fraction of sp³-hybridized carbons (Fsp3) is 0.900. The summed E-state index contributed by atoms with van der Waals surface area (Å²) >= 11 is 5.94. The average molecular weight is 220 g/mol. The van der Waals surface area contributed by atoms with Crippen LogP contribution >= 0.6 is 11.6 Å². The van der Waals surface area contributed by atoms with E-state index in [0.29, 0.717) is 13.0 Å². The maximum Gasteiger partial charge on any atom is 0.326 e. The second-order valence-electron chi connectivity index (χ2n) is 5.02. The molecule has 0 amide bonds. The Morgan fingerprint density at radius 3 is 2.50 bits per heavy atom. The fourth-order valence-corrected chi connectivity index (χ4v) is 1.86. The lowest BCUT2D eigenvalue weighted by atomic mass is 10.0. The molecule has 1 heterocycles. The van der Waals surface area contributed by atoms with Crippen LogP contribution in [-0.4, -0.2) is 29.0 Å². The fourth-order valence-electron chi connectivity index (χ4n) is 1.47. The van der Waals surface area contributed by atoms with Gasteiger partial charge in [0.05, 0.1) is 0 Å². The Bertz CT molecular complexity index is 237. The summed E-state index contributed by atoms with van der Waals surface area (Å²) in [5.74, 6) is -0.215. The van der Waals surface area contributed by atoms with Crippen LogP contribution in [0.4, 0.5) is 0 Å². The molecule has 1 N–H and O–H groups in total. The topological polar surface area (TPSA) is 38.3 Å². The van der Waals surface area contributed by atoms with E-state index in [2.05, 4.69) is 5.32 Å². The minimum atomic E-state index is -0.611. The normalized spacial score (nSPS) is 33.1. The number of alkyl halides is 1. The first kappa shape index (κ1) is 11.8. The molecule has 14 heavy (non-hydrogen) atoms. The van der Waals surface area contributed by atoms with Crippen molar-refractivity contribution in [2.45, 2.75) is 50.6 Å². The van der Waals surface area contributed by atoms with E-state index in [1.54, 1.807) is 0 Å². The highest BCUT2D eigenvalue weighted by Crippen LogP contribution is 2.25. The Hall–Kier alpha value is -0.280. The van der Waals surface area contributed by atoms with Gasteiger partial charge in [0, 0.05) is 11.9 Å². The van der Waals surface area contributed by atoms with Crippen molar-refractivity contribution >= 4 is 17.6 Å². The zero-order valence-corrected chi connectivity index (χ0v) is 9.94. The van der Waals surface area contributed by atoms with E-state index in [-0.39, 0.29) is 11.3 Å². The van der Waals surface area contributed by atoms with E-state index in [0.717, 1.165) is 0 Å². The zero-order chi connectivity index (χ0) is 11.0. The molecule has 1 saturated heterocycles. The Balaban J connectivity index is 2.61. The Morgan fingerprint density at radius 1 is 1.57 bits per heavy atom. The number of hydrogen-bond acceptors (Lipinski definition) is 3. The Morgan fingerprint density at radius 2 is 2.14 bits per heavy atom. The van der Waals surface area contributed by atoms with Gasteiger partial charge in [0.15, 0.2) is 0 Å². The predicted octanol–water partition coefficient (Wildman–Crippen LogP) is 1.69. The van der Waals surface area contributed by atoms with Crippen LogP contribution in [0.5, 0.6) is 0 Å². The van der Waals surface area contributed by atoms with Crippen LogP contribution in [0.15, 0.2) is 0 Å². The number of nitrogens with one attached hydrogen (secondary N) is 1. The smallest absolute Gasteiger partial charge is 0.326 e. The third kappa shape index (κ3) is 2.85. The lowest BCUT2D eigenvalue weighted by Crippen LogP contribution is -2.48. The van der Waals surface area contributed by atoms with E-state index in [9.17, 15) is 4.79 Å². The molecule has 1 aliphatic heterocycles. The van der Waals surface area contributed by atoms with Crippen molar-refractivity contribution in [2.75, 3.05) is 6.54 Å². The number of ether oxygens (including phenoxy) is 1. The van der Waals surface area contributed by atoms with Gasteiger partial charge in [-0.25, -0.2) is 0 Å². The van der Waals surface area contributed by atoms with E-state index in [1.807, 2.05) is 27.7 Å². The summed E-state index contributed by atoms with van der Waals surface area (Å²) in [4.78, 5) is 11.8. The predicted molar refractivity (Wildman–Crippen MR) is 56.5 cm³/mol. The summed E-state index contributed by atoms with van der Waals surface area (Å²) in [6.45, 7) is 8.09. The van der Waals surface area contributed by atoms with Crippen molar-refractivity contribution in [3.63, 3.8) is 0 Å². The van der Waals surface area contributed by atoms with Crippen LogP contribution in [0.1, 0.15) is 34.1 Å². The van der Waals surface area contributed by atoms with Gasteiger partial charge in [-0.15, -0.1) is 11.6 Å². The molecule has 1 rings (SSSR count). The molecular formula is C10H18ClNO2. The lowest BCUT2D eigenvalue weighted by Gasteiger charge is -2.28. The van der Waals surface area contributed by atoms with E-state index >= 15 is 0 Å². The van der Waals surface area contributed by atoms with Crippen LogP contribution in [0.2, 0.25) is 0 Å².